The molecule has 0 fully saturated rings. The Morgan fingerprint density at radius 1 is 0.739 bits per heavy atom. The molecule has 0 aromatic heterocycles. The van der Waals surface area contributed by atoms with E-state index in [0.29, 0.717) is 0 Å². The molecule has 0 aliphatic rings. The van der Waals surface area contributed by atoms with Gasteiger partial charge in [0.2, 0.25) is 0 Å². The number of carbonyl (C=O) groups is 1. The molecule has 0 spiro atoms. The maximum Gasteiger partial charge on any atom is 1.00 e. The number of rotatable bonds is 16. The van der Waals surface area contributed by atoms with Crippen LogP contribution in [0.15, 0.2) is 24.3 Å². The van der Waals surface area contributed by atoms with E-state index in [2.05, 4.69) is 31.2 Å². The molecule has 0 unspecified atom stereocenters. The van der Waals surface area contributed by atoms with Crippen LogP contribution < -0.4 is 34.7 Å². The Morgan fingerprint density at radius 2 is 1.22 bits per heavy atom. The van der Waals surface area contributed by atoms with Gasteiger partial charge in [-0.1, -0.05) is 76.2 Å². The summed E-state index contributed by atoms with van der Waals surface area (Å²) in [6.45, 7) is 2.24. The van der Waals surface area contributed by atoms with E-state index in [1.165, 1.54) is 57.8 Å². The van der Waals surface area contributed by atoms with Crippen LogP contribution in [0.25, 0.3) is 0 Å². The van der Waals surface area contributed by atoms with Crippen molar-refractivity contribution in [3.05, 3.63) is 24.3 Å². The van der Waals surface area contributed by atoms with Gasteiger partial charge in [-0.05, 0) is 44.9 Å². The molecule has 0 amide bonds. The van der Waals surface area contributed by atoms with E-state index in [9.17, 15) is 9.90 Å². The van der Waals surface area contributed by atoms with Crippen molar-refractivity contribution in [2.45, 2.75) is 96.8 Å². The van der Waals surface area contributed by atoms with Crippen molar-refractivity contribution in [2.75, 3.05) is 0 Å². The number of aliphatic carboxylic acids is 1. The van der Waals surface area contributed by atoms with E-state index < -0.39 is 5.97 Å². The number of carboxylic acids is 1. The third-order valence-corrected chi connectivity index (χ3v) is 3.83. The summed E-state index contributed by atoms with van der Waals surface area (Å²) >= 11 is 0. The van der Waals surface area contributed by atoms with Gasteiger partial charge in [-0.25, -0.2) is 0 Å². The van der Waals surface area contributed by atoms with Crippen LogP contribution in [0.1, 0.15) is 96.8 Å². The number of unbranched alkanes of at least 4 members (excludes halogenated alkanes) is 10. The molecule has 0 saturated carbocycles. The zero-order valence-electron chi connectivity index (χ0n) is 15.5. The molecule has 23 heavy (non-hydrogen) atoms. The van der Waals surface area contributed by atoms with Crippen LogP contribution in [0.5, 0.6) is 0 Å². The molecule has 128 valence electrons. The molecule has 0 heterocycles. The predicted molar refractivity (Wildman–Crippen MR) is 93.6 cm³/mol. The van der Waals surface area contributed by atoms with Crippen molar-refractivity contribution in [3.8, 4) is 0 Å². The van der Waals surface area contributed by atoms with Crippen molar-refractivity contribution >= 4 is 5.97 Å². The molecule has 0 aromatic rings. The second-order valence-corrected chi connectivity index (χ2v) is 6.06. The van der Waals surface area contributed by atoms with Gasteiger partial charge in [-0.2, -0.15) is 0 Å². The van der Waals surface area contributed by atoms with E-state index in [1.807, 2.05) is 0 Å². The standard InChI is InChI=1S/C20H36O2.Na/c1-2-3-4-5-6-7-8-9-10-11-12-13-14-15-16-17-18-19-20(21)22;/h6-7,9-10H,2-5,8,11-19H2,1H3,(H,21,22);/q;+1/p-1/b7-6-,10-9-;. The van der Waals surface area contributed by atoms with Gasteiger partial charge in [-0.3, -0.25) is 0 Å². The molecule has 0 aliphatic carbocycles. The minimum atomic E-state index is -0.914. The van der Waals surface area contributed by atoms with Crippen LogP contribution in [0.2, 0.25) is 0 Å². The zero-order valence-corrected chi connectivity index (χ0v) is 17.5. The molecule has 0 radical (unpaired) electrons. The largest absolute Gasteiger partial charge is 1.00 e. The van der Waals surface area contributed by atoms with Crippen molar-refractivity contribution in [1.82, 2.24) is 0 Å². The maximum absolute atomic E-state index is 10.2. The first-order valence-electron chi connectivity index (χ1n) is 9.27. The normalized spacial score (nSPS) is 11.2. The summed E-state index contributed by atoms with van der Waals surface area (Å²) in [6.07, 6.45) is 24.9. The predicted octanol–water partition coefficient (Wildman–Crippen LogP) is 2.33. The summed E-state index contributed by atoms with van der Waals surface area (Å²) in [5.41, 5.74) is 0. The third kappa shape index (κ3) is 24.3. The van der Waals surface area contributed by atoms with Gasteiger partial charge in [0.05, 0.1) is 0 Å². The van der Waals surface area contributed by atoms with Gasteiger partial charge in [0.15, 0.2) is 0 Å². The summed E-state index contributed by atoms with van der Waals surface area (Å²) in [4.78, 5) is 10.2. The second kappa shape index (κ2) is 21.9. The summed E-state index contributed by atoms with van der Waals surface area (Å²) in [5, 5.41) is 10.2. The molecule has 0 rings (SSSR count). The third-order valence-electron chi connectivity index (χ3n) is 3.83. The van der Waals surface area contributed by atoms with Gasteiger partial charge in [-0.15, -0.1) is 0 Å². The Bertz CT molecular complexity index is 298. The smallest absolute Gasteiger partial charge is 0.550 e. The van der Waals surface area contributed by atoms with E-state index in [-0.39, 0.29) is 36.0 Å². The van der Waals surface area contributed by atoms with Crippen LogP contribution in [-0.2, 0) is 4.79 Å². The Balaban J connectivity index is 0. The van der Waals surface area contributed by atoms with Crippen LogP contribution in [0, 0.1) is 0 Å². The minimum absolute atomic E-state index is 0. The van der Waals surface area contributed by atoms with Crippen LogP contribution >= 0.6 is 0 Å². The Hall–Kier alpha value is -0.0500. The van der Waals surface area contributed by atoms with Gasteiger partial charge in [0.25, 0.3) is 0 Å². The molecule has 0 bridgehead atoms. The van der Waals surface area contributed by atoms with Gasteiger partial charge in [0, 0.05) is 5.97 Å². The molecule has 2 nitrogen and oxygen atoms in total. The molecule has 0 aliphatic heterocycles. The summed E-state index contributed by atoms with van der Waals surface area (Å²) in [5.74, 6) is -0.914. The number of hydrogen-bond donors (Lipinski definition) is 0. The first-order valence-corrected chi connectivity index (χ1v) is 9.27. The fourth-order valence-electron chi connectivity index (χ4n) is 2.43. The number of allylic oxidation sites excluding steroid dienone is 4. The van der Waals surface area contributed by atoms with Crippen LogP contribution in [0.3, 0.4) is 0 Å². The average molecular weight is 330 g/mol. The van der Waals surface area contributed by atoms with Gasteiger partial charge >= 0.3 is 29.6 Å². The quantitative estimate of drug-likeness (QED) is 0.248. The molecule has 0 N–H and O–H groups in total. The van der Waals surface area contributed by atoms with Crippen molar-refractivity contribution in [1.29, 1.82) is 0 Å². The molecular formula is C20H35NaO2. The van der Waals surface area contributed by atoms with Gasteiger partial charge < -0.3 is 9.90 Å². The molecule has 0 atom stereocenters. The first-order chi connectivity index (χ1) is 10.8. The number of carboxylic acid groups (broad SMARTS) is 1. The SMILES string of the molecule is CCCCC/C=C\C/C=C\CCCCCCCCCC(=O)[O-].[Na+]. The Kier molecular flexibility index (Phi) is 24.0. The Morgan fingerprint density at radius 3 is 1.74 bits per heavy atom. The fraction of sp³-hybridized carbons (Fsp3) is 0.750. The monoisotopic (exact) mass is 330 g/mol. The van der Waals surface area contributed by atoms with E-state index in [0.717, 1.165) is 25.7 Å². The number of carbonyl (C=O) groups excluding carboxylic acids is 1. The fourth-order valence-corrected chi connectivity index (χ4v) is 2.43. The summed E-state index contributed by atoms with van der Waals surface area (Å²) in [7, 11) is 0. The zero-order chi connectivity index (χ0) is 16.3. The van der Waals surface area contributed by atoms with Crippen molar-refractivity contribution < 1.29 is 39.5 Å². The van der Waals surface area contributed by atoms with Crippen LogP contribution in [-0.4, -0.2) is 5.97 Å². The Labute approximate surface area is 166 Å². The molecule has 0 aromatic carbocycles. The minimum Gasteiger partial charge on any atom is -0.550 e. The first kappa shape index (κ1) is 25.2. The average Bonchev–Trinajstić information content (AvgIpc) is 2.50. The van der Waals surface area contributed by atoms with E-state index >= 15 is 0 Å². The molecular weight excluding hydrogens is 295 g/mol. The topological polar surface area (TPSA) is 40.1 Å². The van der Waals surface area contributed by atoms with Gasteiger partial charge in [0.1, 0.15) is 0 Å². The number of hydrogen-bond acceptors (Lipinski definition) is 2. The van der Waals surface area contributed by atoms with Crippen molar-refractivity contribution in [3.63, 3.8) is 0 Å². The summed E-state index contributed by atoms with van der Waals surface area (Å²) in [6, 6.07) is 0. The van der Waals surface area contributed by atoms with Crippen LogP contribution in [0.4, 0.5) is 0 Å². The second-order valence-electron chi connectivity index (χ2n) is 6.06. The molecule has 3 heteroatoms. The van der Waals surface area contributed by atoms with E-state index in [1.54, 1.807) is 0 Å². The maximum atomic E-state index is 10.2. The van der Waals surface area contributed by atoms with E-state index in [4.69, 9.17) is 0 Å². The summed E-state index contributed by atoms with van der Waals surface area (Å²) < 4.78 is 0. The van der Waals surface area contributed by atoms with Crippen molar-refractivity contribution in [2.24, 2.45) is 0 Å². The molecule has 0 saturated heterocycles.